The van der Waals surface area contributed by atoms with Crippen LogP contribution in [0.1, 0.15) is 4.88 Å². The molecular weight excluding hydrogens is 321 g/mol. The quantitative estimate of drug-likeness (QED) is 0.935. The van der Waals surface area contributed by atoms with Gasteiger partial charge in [0.25, 0.3) is 0 Å². The summed E-state index contributed by atoms with van der Waals surface area (Å²) < 4.78 is 19.2. The van der Waals surface area contributed by atoms with E-state index in [1.165, 1.54) is 24.5 Å². The lowest BCUT2D eigenvalue weighted by Gasteiger charge is -2.02. The average Bonchev–Trinajstić information content (AvgIpc) is 2.71. The predicted molar refractivity (Wildman–Crippen MR) is 72.5 cm³/mol. The molecule has 1 N–H and O–H groups in total. The third kappa shape index (κ3) is 2.71. The third-order valence-electron chi connectivity index (χ3n) is 2.39. The summed E-state index contributed by atoms with van der Waals surface area (Å²) >= 11 is 4.77. The molecule has 0 spiro atoms. The first kappa shape index (κ1) is 13.5. The normalized spacial score (nSPS) is 10.7. The molecule has 0 fully saturated rings. The molecule has 18 heavy (non-hydrogen) atoms. The van der Waals surface area contributed by atoms with Crippen LogP contribution in [0.3, 0.4) is 0 Å². The number of benzene rings is 1. The molecule has 0 amide bonds. The molecule has 0 saturated heterocycles. The van der Waals surface area contributed by atoms with Gasteiger partial charge in [0.2, 0.25) is 0 Å². The Kier molecular flexibility index (Phi) is 4.31. The molecule has 2 aromatic rings. The van der Waals surface area contributed by atoms with Gasteiger partial charge in [-0.05, 0) is 34.1 Å². The molecule has 0 aliphatic heterocycles. The molecule has 2 rings (SSSR count). The summed E-state index contributed by atoms with van der Waals surface area (Å²) in [4.78, 5) is 5.26. The largest absolute Gasteiger partial charge is 0.494 e. The predicted octanol–water partition coefficient (Wildman–Crippen LogP) is 3.26. The van der Waals surface area contributed by atoms with Gasteiger partial charge in [-0.25, -0.2) is 9.37 Å². The molecule has 1 aromatic carbocycles. The average molecular weight is 332 g/mol. The van der Waals surface area contributed by atoms with E-state index < -0.39 is 5.82 Å². The van der Waals surface area contributed by atoms with Crippen molar-refractivity contribution < 1.29 is 14.2 Å². The number of rotatable bonds is 4. The van der Waals surface area contributed by atoms with Crippen LogP contribution in [0.2, 0.25) is 0 Å². The van der Waals surface area contributed by atoms with E-state index >= 15 is 0 Å². The van der Waals surface area contributed by atoms with Crippen LogP contribution in [0.4, 0.5) is 4.39 Å². The Labute approximate surface area is 116 Å². The van der Waals surface area contributed by atoms with Gasteiger partial charge in [0.1, 0.15) is 9.61 Å². The van der Waals surface area contributed by atoms with E-state index in [-0.39, 0.29) is 12.4 Å². The molecule has 0 radical (unpaired) electrons. The van der Waals surface area contributed by atoms with E-state index in [2.05, 4.69) is 20.9 Å². The van der Waals surface area contributed by atoms with Crippen molar-refractivity contribution in [2.75, 3.05) is 13.7 Å². The number of aliphatic hydroxyl groups excluding tert-OH is 1. The minimum Gasteiger partial charge on any atom is -0.494 e. The maximum atomic E-state index is 13.6. The zero-order valence-corrected chi connectivity index (χ0v) is 12.0. The molecule has 0 aliphatic rings. The van der Waals surface area contributed by atoms with Crippen LogP contribution in [-0.2, 0) is 6.42 Å². The van der Waals surface area contributed by atoms with Crippen molar-refractivity contribution >= 4 is 27.3 Å². The van der Waals surface area contributed by atoms with Gasteiger partial charge in [0.05, 0.1) is 7.11 Å². The van der Waals surface area contributed by atoms with Crippen LogP contribution in [0, 0.1) is 5.82 Å². The Hall–Kier alpha value is -0.980. The Balaban J connectivity index is 2.36. The Bertz CT molecular complexity index is 559. The van der Waals surface area contributed by atoms with Crippen molar-refractivity contribution in [3.8, 4) is 16.3 Å². The summed E-state index contributed by atoms with van der Waals surface area (Å²) in [6.07, 6.45) is 0.539. The lowest BCUT2D eigenvalue weighted by Crippen LogP contribution is -1.88. The van der Waals surface area contributed by atoms with Gasteiger partial charge in [-0.3, -0.25) is 0 Å². The Morgan fingerprint density at radius 1 is 1.50 bits per heavy atom. The topological polar surface area (TPSA) is 42.4 Å². The third-order valence-corrected chi connectivity index (χ3v) is 4.47. The summed E-state index contributed by atoms with van der Waals surface area (Å²) in [5, 5.41) is 9.63. The highest BCUT2D eigenvalue weighted by Crippen LogP contribution is 2.33. The number of aromatic nitrogens is 1. The molecule has 6 heteroatoms. The van der Waals surface area contributed by atoms with E-state index in [1.54, 1.807) is 12.1 Å². The van der Waals surface area contributed by atoms with Crippen molar-refractivity contribution in [2.45, 2.75) is 6.42 Å². The highest BCUT2D eigenvalue weighted by molar-refractivity contribution is 9.10. The highest BCUT2D eigenvalue weighted by Gasteiger charge is 2.12. The number of aliphatic hydroxyl groups is 1. The van der Waals surface area contributed by atoms with Crippen molar-refractivity contribution in [3.05, 3.63) is 33.5 Å². The van der Waals surface area contributed by atoms with Gasteiger partial charge < -0.3 is 9.84 Å². The first-order valence-corrected chi connectivity index (χ1v) is 6.86. The van der Waals surface area contributed by atoms with E-state index in [0.717, 1.165) is 4.88 Å². The maximum Gasteiger partial charge on any atom is 0.165 e. The van der Waals surface area contributed by atoms with Gasteiger partial charge in [-0.1, -0.05) is 0 Å². The fourth-order valence-corrected chi connectivity index (χ4v) is 3.19. The van der Waals surface area contributed by atoms with Gasteiger partial charge in [-0.2, -0.15) is 0 Å². The summed E-state index contributed by atoms with van der Waals surface area (Å²) in [6, 6.07) is 4.73. The zero-order chi connectivity index (χ0) is 13.1. The van der Waals surface area contributed by atoms with Crippen LogP contribution in [0.25, 0.3) is 10.6 Å². The lowest BCUT2D eigenvalue weighted by atomic mass is 10.2. The number of halogens is 2. The van der Waals surface area contributed by atoms with E-state index in [0.29, 0.717) is 21.6 Å². The first-order chi connectivity index (χ1) is 8.65. The minimum absolute atomic E-state index is 0.0667. The van der Waals surface area contributed by atoms with Crippen molar-refractivity contribution in [1.29, 1.82) is 0 Å². The number of ether oxygens (including phenoxy) is 1. The van der Waals surface area contributed by atoms with Crippen molar-refractivity contribution in [1.82, 2.24) is 4.98 Å². The van der Waals surface area contributed by atoms with Crippen molar-refractivity contribution in [3.63, 3.8) is 0 Å². The molecule has 0 saturated carbocycles. The maximum absolute atomic E-state index is 13.6. The molecular formula is C12H11BrFNO2S. The second kappa shape index (κ2) is 5.77. The molecule has 0 bridgehead atoms. The molecule has 0 unspecified atom stereocenters. The van der Waals surface area contributed by atoms with Crippen LogP contribution < -0.4 is 4.74 Å². The van der Waals surface area contributed by atoms with Gasteiger partial charge in [0.15, 0.2) is 11.6 Å². The molecule has 0 atom stereocenters. The van der Waals surface area contributed by atoms with E-state index in [9.17, 15) is 4.39 Å². The fraction of sp³-hybridized carbons (Fsp3) is 0.250. The number of hydrogen-bond donors (Lipinski definition) is 1. The summed E-state index contributed by atoms with van der Waals surface area (Å²) in [6.45, 7) is 0.0667. The summed E-state index contributed by atoms with van der Waals surface area (Å²) in [5.41, 5.74) is 0.697. The van der Waals surface area contributed by atoms with Crippen LogP contribution in [0.5, 0.6) is 5.75 Å². The van der Waals surface area contributed by atoms with Gasteiger partial charge >= 0.3 is 0 Å². The molecule has 96 valence electrons. The second-order valence-electron chi connectivity index (χ2n) is 3.56. The Morgan fingerprint density at radius 3 is 2.89 bits per heavy atom. The minimum atomic E-state index is -0.412. The lowest BCUT2D eigenvalue weighted by molar-refractivity contribution is 0.300. The number of thiazole rings is 1. The SMILES string of the molecule is COc1ccc(-c2nc(Br)c(CCO)s2)cc1F. The monoisotopic (exact) mass is 331 g/mol. The van der Waals surface area contributed by atoms with Gasteiger partial charge in [0, 0.05) is 23.5 Å². The van der Waals surface area contributed by atoms with Crippen LogP contribution in [0.15, 0.2) is 22.8 Å². The second-order valence-corrected chi connectivity index (χ2v) is 5.39. The van der Waals surface area contributed by atoms with Crippen LogP contribution >= 0.6 is 27.3 Å². The van der Waals surface area contributed by atoms with E-state index in [1.807, 2.05) is 0 Å². The standard InChI is InChI=1S/C12H11BrFNO2S/c1-17-9-3-2-7(6-8(9)14)12-15-11(13)10(18-12)4-5-16/h2-3,6,16H,4-5H2,1H3. The van der Waals surface area contributed by atoms with Gasteiger partial charge in [-0.15, -0.1) is 11.3 Å². The van der Waals surface area contributed by atoms with Crippen LogP contribution in [-0.4, -0.2) is 23.8 Å². The number of hydrogen-bond acceptors (Lipinski definition) is 4. The number of methoxy groups -OCH3 is 1. The number of nitrogens with zero attached hydrogens (tertiary/aromatic N) is 1. The summed E-state index contributed by atoms with van der Waals surface area (Å²) in [7, 11) is 1.43. The first-order valence-electron chi connectivity index (χ1n) is 5.25. The fourth-order valence-electron chi connectivity index (χ4n) is 1.51. The smallest absolute Gasteiger partial charge is 0.165 e. The zero-order valence-electron chi connectivity index (χ0n) is 9.61. The molecule has 1 aromatic heterocycles. The van der Waals surface area contributed by atoms with E-state index in [4.69, 9.17) is 9.84 Å². The molecule has 3 nitrogen and oxygen atoms in total. The van der Waals surface area contributed by atoms with Crippen molar-refractivity contribution in [2.24, 2.45) is 0 Å². The molecule has 1 heterocycles. The summed E-state index contributed by atoms with van der Waals surface area (Å²) in [5.74, 6) is -0.199. The Morgan fingerprint density at radius 2 is 2.28 bits per heavy atom. The highest BCUT2D eigenvalue weighted by atomic mass is 79.9. The molecule has 0 aliphatic carbocycles.